The largest absolute Gasteiger partial charge is 0.311 e. The monoisotopic (exact) mass is 351 g/mol. The molecule has 3 nitrogen and oxygen atoms in total. The second kappa shape index (κ2) is 6.76. The van der Waals surface area contributed by atoms with E-state index in [1.165, 1.54) is 57.2 Å². The van der Waals surface area contributed by atoms with Gasteiger partial charge in [0.15, 0.2) is 0 Å². The molecule has 0 bridgehead atoms. The van der Waals surface area contributed by atoms with E-state index in [0.29, 0.717) is 11.6 Å². The first-order valence-corrected chi connectivity index (χ1v) is 9.09. The Hall–Kier alpha value is -0.450. The van der Waals surface area contributed by atoms with E-state index < -0.39 is 0 Å². The Bertz CT molecular complexity index is 471. The molecule has 116 valence electrons. The zero-order chi connectivity index (χ0) is 14.7. The fraction of sp³-hybridized carbons (Fsp3) is 0.706. The summed E-state index contributed by atoms with van der Waals surface area (Å²) in [5, 5.41) is 3.81. The van der Waals surface area contributed by atoms with Crippen LogP contribution in [0.4, 0.5) is 0 Å². The van der Waals surface area contributed by atoms with Gasteiger partial charge in [0, 0.05) is 48.1 Å². The van der Waals surface area contributed by atoms with E-state index in [4.69, 9.17) is 0 Å². The Morgan fingerprint density at radius 2 is 2.19 bits per heavy atom. The maximum absolute atomic E-state index is 4.33. The van der Waals surface area contributed by atoms with Crippen molar-refractivity contribution in [3.05, 3.63) is 28.5 Å². The van der Waals surface area contributed by atoms with Crippen molar-refractivity contribution >= 4 is 15.9 Å². The molecule has 1 aliphatic carbocycles. The van der Waals surface area contributed by atoms with Gasteiger partial charge in [0.2, 0.25) is 0 Å². The molecule has 3 rings (SSSR count). The van der Waals surface area contributed by atoms with Gasteiger partial charge in [-0.1, -0.05) is 26.2 Å². The Kier molecular flexibility index (Phi) is 4.97. The first-order chi connectivity index (χ1) is 10.2. The molecular formula is C17H26BrN3. The molecule has 1 aliphatic heterocycles. The number of hydrogen-bond acceptors (Lipinski definition) is 3. The van der Waals surface area contributed by atoms with Gasteiger partial charge in [0.1, 0.15) is 0 Å². The van der Waals surface area contributed by atoms with Gasteiger partial charge >= 0.3 is 0 Å². The molecule has 2 aliphatic rings. The van der Waals surface area contributed by atoms with Gasteiger partial charge in [-0.2, -0.15) is 0 Å². The van der Waals surface area contributed by atoms with Crippen LogP contribution in [-0.2, 0) is 6.54 Å². The zero-order valence-corrected chi connectivity index (χ0v) is 14.5. The number of piperazine rings is 1. The predicted molar refractivity (Wildman–Crippen MR) is 90.2 cm³/mol. The molecule has 0 aromatic carbocycles. The van der Waals surface area contributed by atoms with Crippen LogP contribution >= 0.6 is 15.9 Å². The van der Waals surface area contributed by atoms with Crippen LogP contribution in [0.5, 0.6) is 0 Å². The van der Waals surface area contributed by atoms with Gasteiger partial charge < -0.3 is 5.32 Å². The molecule has 4 heteroatoms. The summed E-state index contributed by atoms with van der Waals surface area (Å²) in [4.78, 5) is 7.08. The van der Waals surface area contributed by atoms with Crippen molar-refractivity contribution in [2.24, 2.45) is 0 Å². The highest BCUT2D eigenvalue weighted by atomic mass is 79.9. The van der Waals surface area contributed by atoms with E-state index in [1.54, 1.807) is 0 Å². The lowest BCUT2D eigenvalue weighted by molar-refractivity contribution is 0.0337. The van der Waals surface area contributed by atoms with Crippen LogP contribution in [0.1, 0.15) is 51.0 Å². The highest BCUT2D eigenvalue weighted by Crippen LogP contribution is 2.38. The smallest absolute Gasteiger partial charge is 0.0410 e. The minimum absolute atomic E-state index is 0.395. The highest BCUT2D eigenvalue weighted by molar-refractivity contribution is 9.10. The lowest BCUT2D eigenvalue weighted by atomic mass is 9.89. The van der Waals surface area contributed by atoms with Crippen molar-refractivity contribution in [2.45, 2.75) is 63.6 Å². The standard InChI is InChI=1S/C17H26BrN3/c1-2-5-16-12-21(11-14-8-15(18)10-19-9-14)17(13-20-16)6-3-4-7-17/h8-10,16,20H,2-7,11-13H2,1H3. The van der Waals surface area contributed by atoms with Crippen molar-refractivity contribution in [2.75, 3.05) is 13.1 Å². The molecule has 1 aromatic heterocycles. The van der Waals surface area contributed by atoms with Crippen molar-refractivity contribution < 1.29 is 0 Å². The van der Waals surface area contributed by atoms with Crippen LogP contribution in [0.15, 0.2) is 22.9 Å². The summed E-state index contributed by atoms with van der Waals surface area (Å²) in [5.41, 5.74) is 1.72. The molecule has 1 saturated heterocycles. The summed E-state index contributed by atoms with van der Waals surface area (Å²) in [6.45, 7) is 5.66. The summed E-state index contributed by atoms with van der Waals surface area (Å²) >= 11 is 3.55. The van der Waals surface area contributed by atoms with Crippen molar-refractivity contribution in [3.63, 3.8) is 0 Å². The normalized spacial score (nSPS) is 25.5. The van der Waals surface area contributed by atoms with Crippen molar-refractivity contribution in [3.8, 4) is 0 Å². The summed E-state index contributed by atoms with van der Waals surface area (Å²) < 4.78 is 1.08. The van der Waals surface area contributed by atoms with E-state index >= 15 is 0 Å². The van der Waals surface area contributed by atoms with Gasteiger partial charge in [0.05, 0.1) is 0 Å². The molecule has 2 heterocycles. The average molecular weight is 352 g/mol. The maximum atomic E-state index is 4.33. The van der Waals surface area contributed by atoms with Gasteiger partial charge in [-0.15, -0.1) is 0 Å². The van der Waals surface area contributed by atoms with E-state index in [2.05, 4.69) is 44.1 Å². The molecular weight excluding hydrogens is 326 g/mol. The van der Waals surface area contributed by atoms with E-state index in [-0.39, 0.29) is 0 Å². The van der Waals surface area contributed by atoms with Crippen molar-refractivity contribution in [1.29, 1.82) is 0 Å². The average Bonchev–Trinajstić information content (AvgIpc) is 2.93. The van der Waals surface area contributed by atoms with Crippen molar-refractivity contribution in [1.82, 2.24) is 15.2 Å². The first kappa shape index (κ1) is 15.4. The van der Waals surface area contributed by atoms with Gasteiger partial charge in [0.25, 0.3) is 0 Å². The Morgan fingerprint density at radius 3 is 2.90 bits per heavy atom. The molecule has 1 N–H and O–H groups in total. The van der Waals surface area contributed by atoms with Crippen LogP contribution < -0.4 is 5.32 Å². The van der Waals surface area contributed by atoms with E-state index in [9.17, 15) is 0 Å². The number of nitrogens with one attached hydrogen (secondary N) is 1. The number of rotatable bonds is 4. The molecule has 21 heavy (non-hydrogen) atoms. The van der Waals surface area contributed by atoms with Crippen LogP contribution in [0.3, 0.4) is 0 Å². The second-order valence-electron chi connectivity index (χ2n) is 6.69. The lowest BCUT2D eigenvalue weighted by Crippen LogP contribution is -2.63. The number of nitrogens with zero attached hydrogens (tertiary/aromatic N) is 2. The molecule has 1 saturated carbocycles. The lowest BCUT2D eigenvalue weighted by Gasteiger charge is -2.48. The van der Waals surface area contributed by atoms with Gasteiger partial charge in [-0.3, -0.25) is 9.88 Å². The molecule has 2 fully saturated rings. The quantitative estimate of drug-likeness (QED) is 0.895. The number of aromatic nitrogens is 1. The maximum Gasteiger partial charge on any atom is 0.0410 e. The fourth-order valence-electron chi connectivity index (χ4n) is 4.03. The third-order valence-electron chi connectivity index (χ3n) is 5.14. The predicted octanol–water partition coefficient (Wildman–Crippen LogP) is 3.73. The van der Waals surface area contributed by atoms with Crippen LogP contribution in [0, 0.1) is 0 Å². The molecule has 1 unspecified atom stereocenters. The second-order valence-corrected chi connectivity index (χ2v) is 7.61. The Labute approximate surface area is 136 Å². The van der Waals surface area contributed by atoms with Gasteiger partial charge in [-0.25, -0.2) is 0 Å². The Morgan fingerprint density at radius 1 is 1.38 bits per heavy atom. The van der Waals surface area contributed by atoms with Crippen LogP contribution in [0.25, 0.3) is 0 Å². The fourth-order valence-corrected chi connectivity index (χ4v) is 4.45. The molecule has 1 spiro atoms. The van der Waals surface area contributed by atoms with Crippen LogP contribution in [-0.4, -0.2) is 34.6 Å². The topological polar surface area (TPSA) is 28.2 Å². The number of halogens is 1. The van der Waals surface area contributed by atoms with Gasteiger partial charge in [-0.05, 0) is 46.8 Å². The van der Waals surface area contributed by atoms with E-state index in [0.717, 1.165) is 11.0 Å². The summed E-state index contributed by atoms with van der Waals surface area (Å²) in [6, 6.07) is 2.87. The Balaban J connectivity index is 1.76. The zero-order valence-electron chi connectivity index (χ0n) is 12.9. The summed E-state index contributed by atoms with van der Waals surface area (Å²) in [7, 11) is 0. The highest BCUT2D eigenvalue weighted by Gasteiger charge is 2.43. The van der Waals surface area contributed by atoms with E-state index in [1.807, 2.05) is 12.4 Å². The molecule has 0 radical (unpaired) electrons. The third kappa shape index (κ3) is 3.49. The minimum Gasteiger partial charge on any atom is -0.311 e. The molecule has 0 amide bonds. The molecule has 1 aromatic rings. The summed E-state index contributed by atoms with van der Waals surface area (Å²) in [5.74, 6) is 0. The number of hydrogen-bond donors (Lipinski definition) is 1. The number of pyridine rings is 1. The third-order valence-corrected chi connectivity index (χ3v) is 5.57. The first-order valence-electron chi connectivity index (χ1n) is 8.30. The minimum atomic E-state index is 0.395. The van der Waals surface area contributed by atoms with Crippen LogP contribution in [0.2, 0.25) is 0 Å². The summed E-state index contributed by atoms with van der Waals surface area (Å²) in [6.07, 6.45) is 11.9. The SMILES string of the molecule is CCCC1CN(Cc2cncc(Br)c2)C2(CCCC2)CN1. The molecule has 1 atom stereocenters.